The second-order valence-corrected chi connectivity index (χ2v) is 5.23. The summed E-state index contributed by atoms with van der Waals surface area (Å²) in [5.41, 5.74) is 11.1. The number of rotatable bonds is 2. The van der Waals surface area contributed by atoms with Crippen molar-refractivity contribution in [2.24, 2.45) is 0 Å². The van der Waals surface area contributed by atoms with E-state index in [2.05, 4.69) is 16.9 Å². The van der Waals surface area contributed by atoms with Gasteiger partial charge in [-0.2, -0.15) is 0 Å². The maximum Gasteiger partial charge on any atom is 0.123 e. The second-order valence-electron chi connectivity index (χ2n) is 4.33. The van der Waals surface area contributed by atoms with E-state index in [-0.39, 0.29) is 0 Å². The minimum absolute atomic E-state index is 0.746. The summed E-state index contributed by atoms with van der Waals surface area (Å²) >= 11 is 1.61. The first-order valence-electron chi connectivity index (χ1n) is 5.96. The van der Waals surface area contributed by atoms with Crippen molar-refractivity contribution in [3.63, 3.8) is 0 Å². The van der Waals surface area contributed by atoms with Crippen molar-refractivity contribution in [2.75, 3.05) is 5.73 Å². The van der Waals surface area contributed by atoms with E-state index in [0.29, 0.717) is 0 Å². The zero-order valence-corrected chi connectivity index (χ0v) is 11.3. The Hall–Kier alpha value is -2.20. The average Bonchev–Trinajstić information content (AvgIpc) is 2.93. The number of nitrogens with two attached hydrogens (primary N) is 1. The van der Waals surface area contributed by atoms with Gasteiger partial charge in [0.1, 0.15) is 5.01 Å². The number of hydrogen-bond acceptors (Lipinski definition) is 4. The molecule has 94 valence electrons. The van der Waals surface area contributed by atoms with Crippen LogP contribution in [0, 0.1) is 6.92 Å². The molecule has 1 aromatic carbocycles. The first-order chi connectivity index (χ1) is 9.25. The normalized spacial score (nSPS) is 10.6. The van der Waals surface area contributed by atoms with Crippen molar-refractivity contribution in [3.8, 4) is 21.7 Å². The van der Waals surface area contributed by atoms with Crippen molar-refractivity contribution in [1.82, 2.24) is 9.97 Å². The fourth-order valence-corrected chi connectivity index (χ4v) is 2.74. The highest BCUT2D eigenvalue weighted by molar-refractivity contribution is 7.13. The molecule has 0 spiro atoms. The Bertz CT molecular complexity index is 705. The molecule has 0 aliphatic heterocycles. The first-order valence-corrected chi connectivity index (χ1v) is 6.84. The molecule has 0 amide bonds. The Morgan fingerprint density at radius 3 is 2.68 bits per heavy atom. The summed E-state index contributed by atoms with van der Waals surface area (Å²) in [7, 11) is 0. The van der Waals surface area contributed by atoms with Gasteiger partial charge in [-0.05, 0) is 36.2 Å². The zero-order valence-electron chi connectivity index (χ0n) is 10.5. The molecule has 0 saturated heterocycles. The van der Waals surface area contributed by atoms with Crippen LogP contribution < -0.4 is 5.73 Å². The second kappa shape index (κ2) is 4.82. The van der Waals surface area contributed by atoms with Crippen LogP contribution in [0.2, 0.25) is 0 Å². The highest BCUT2D eigenvalue weighted by Crippen LogP contribution is 2.35. The maximum atomic E-state index is 5.91. The molecule has 19 heavy (non-hydrogen) atoms. The van der Waals surface area contributed by atoms with Crippen LogP contribution >= 0.6 is 11.3 Å². The Balaban J connectivity index is 2.25. The maximum absolute atomic E-state index is 5.91. The molecular formula is C15H13N3S. The lowest BCUT2D eigenvalue weighted by atomic mass is 9.97. The SMILES string of the molecule is Cc1ccncc1-c1ccc(N)cc1-c1nccs1. The fraction of sp³-hybridized carbons (Fsp3) is 0.0667. The van der Waals surface area contributed by atoms with Crippen molar-refractivity contribution in [1.29, 1.82) is 0 Å². The summed E-state index contributed by atoms with van der Waals surface area (Å²) in [5.74, 6) is 0. The average molecular weight is 267 g/mol. The number of anilines is 1. The molecule has 0 fully saturated rings. The van der Waals surface area contributed by atoms with Crippen LogP contribution in [0.25, 0.3) is 21.7 Å². The third-order valence-electron chi connectivity index (χ3n) is 3.04. The molecule has 2 aromatic heterocycles. The number of aryl methyl sites for hydroxylation is 1. The first kappa shape index (κ1) is 11.9. The number of thiazole rings is 1. The van der Waals surface area contributed by atoms with E-state index in [1.54, 1.807) is 17.5 Å². The lowest BCUT2D eigenvalue weighted by molar-refractivity contribution is 1.28. The van der Waals surface area contributed by atoms with Gasteiger partial charge in [-0.15, -0.1) is 11.3 Å². The number of benzene rings is 1. The van der Waals surface area contributed by atoms with Gasteiger partial charge in [-0.25, -0.2) is 4.98 Å². The van der Waals surface area contributed by atoms with Gasteiger partial charge < -0.3 is 5.73 Å². The van der Waals surface area contributed by atoms with E-state index >= 15 is 0 Å². The van der Waals surface area contributed by atoms with Gasteiger partial charge >= 0.3 is 0 Å². The number of nitrogen functional groups attached to an aromatic ring is 1. The summed E-state index contributed by atoms with van der Waals surface area (Å²) < 4.78 is 0. The molecule has 3 rings (SSSR count). The Morgan fingerprint density at radius 2 is 1.95 bits per heavy atom. The number of hydrogen-bond donors (Lipinski definition) is 1. The van der Waals surface area contributed by atoms with Gasteiger partial charge in [-0.1, -0.05) is 6.07 Å². The Labute approximate surface area is 115 Å². The van der Waals surface area contributed by atoms with Gasteiger partial charge in [0.2, 0.25) is 0 Å². The zero-order chi connectivity index (χ0) is 13.2. The van der Waals surface area contributed by atoms with Crippen LogP contribution in [0.5, 0.6) is 0 Å². The highest BCUT2D eigenvalue weighted by atomic mass is 32.1. The molecule has 3 aromatic rings. The summed E-state index contributed by atoms with van der Waals surface area (Å²) in [5, 5.41) is 2.95. The van der Waals surface area contributed by atoms with Gasteiger partial charge in [0, 0.05) is 40.8 Å². The monoisotopic (exact) mass is 267 g/mol. The summed E-state index contributed by atoms with van der Waals surface area (Å²) in [6.07, 6.45) is 5.50. The van der Waals surface area contributed by atoms with Crippen molar-refractivity contribution < 1.29 is 0 Å². The van der Waals surface area contributed by atoms with E-state index in [9.17, 15) is 0 Å². The van der Waals surface area contributed by atoms with Crippen LogP contribution in [0.1, 0.15) is 5.56 Å². The van der Waals surface area contributed by atoms with Gasteiger partial charge in [0.05, 0.1) is 0 Å². The van der Waals surface area contributed by atoms with E-state index < -0.39 is 0 Å². The molecule has 2 heterocycles. The summed E-state index contributed by atoms with van der Waals surface area (Å²) in [4.78, 5) is 8.60. The minimum atomic E-state index is 0.746. The van der Waals surface area contributed by atoms with Gasteiger partial charge in [0.15, 0.2) is 0 Å². The molecule has 0 bridgehead atoms. The molecule has 3 nitrogen and oxygen atoms in total. The fourth-order valence-electron chi connectivity index (χ4n) is 2.08. The van der Waals surface area contributed by atoms with Crippen LogP contribution in [0.15, 0.2) is 48.2 Å². The molecule has 0 unspecified atom stereocenters. The Morgan fingerprint density at radius 1 is 1.05 bits per heavy atom. The molecule has 0 atom stereocenters. The number of pyridine rings is 1. The van der Waals surface area contributed by atoms with Crippen molar-refractivity contribution in [3.05, 3.63) is 53.8 Å². The molecule has 0 saturated carbocycles. The predicted molar refractivity (Wildman–Crippen MR) is 79.9 cm³/mol. The highest BCUT2D eigenvalue weighted by Gasteiger charge is 2.11. The number of aromatic nitrogens is 2. The predicted octanol–water partition coefficient (Wildman–Crippen LogP) is 3.76. The van der Waals surface area contributed by atoms with Crippen molar-refractivity contribution >= 4 is 17.0 Å². The third kappa shape index (κ3) is 2.22. The molecule has 0 aliphatic carbocycles. The smallest absolute Gasteiger partial charge is 0.123 e. The topological polar surface area (TPSA) is 51.8 Å². The van der Waals surface area contributed by atoms with Crippen LogP contribution in [-0.2, 0) is 0 Å². The lowest BCUT2D eigenvalue weighted by Crippen LogP contribution is -1.91. The van der Waals surface area contributed by atoms with Crippen LogP contribution in [0.4, 0.5) is 5.69 Å². The number of nitrogens with zero attached hydrogens (tertiary/aromatic N) is 2. The van der Waals surface area contributed by atoms with E-state index in [4.69, 9.17) is 5.73 Å². The molecule has 0 radical (unpaired) electrons. The quantitative estimate of drug-likeness (QED) is 0.719. The summed E-state index contributed by atoms with van der Waals surface area (Å²) in [6.45, 7) is 2.08. The Kier molecular flexibility index (Phi) is 3.01. The third-order valence-corrected chi connectivity index (χ3v) is 3.84. The van der Waals surface area contributed by atoms with Crippen molar-refractivity contribution in [2.45, 2.75) is 6.92 Å². The largest absolute Gasteiger partial charge is 0.399 e. The van der Waals surface area contributed by atoms with Gasteiger partial charge in [0.25, 0.3) is 0 Å². The lowest BCUT2D eigenvalue weighted by Gasteiger charge is -2.10. The molecular weight excluding hydrogens is 254 g/mol. The summed E-state index contributed by atoms with van der Waals surface area (Å²) in [6, 6.07) is 7.94. The minimum Gasteiger partial charge on any atom is -0.399 e. The van der Waals surface area contributed by atoms with E-state index in [1.165, 1.54) is 5.56 Å². The van der Waals surface area contributed by atoms with Crippen LogP contribution in [0.3, 0.4) is 0 Å². The standard InChI is InChI=1S/C15H13N3S/c1-10-4-5-17-9-14(10)12-3-2-11(16)8-13(12)15-18-6-7-19-15/h2-9H,16H2,1H3. The molecule has 4 heteroatoms. The van der Waals surface area contributed by atoms with E-state index in [1.807, 2.05) is 42.0 Å². The molecule has 0 aliphatic rings. The van der Waals surface area contributed by atoms with Crippen LogP contribution in [-0.4, -0.2) is 9.97 Å². The molecule has 2 N–H and O–H groups in total. The van der Waals surface area contributed by atoms with Gasteiger partial charge in [-0.3, -0.25) is 4.98 Å². The van der Waals surface area contributed by atoms with E-state index in [0.717, 1.165) is 27.4 Å².